The highest BCUT2D eigenvalue weighted by Crippen LogP contribution is 2.47. The Kier molecular flexibility index (Phi) is 9.12. The van der Waals surface area contributed by atoms with Crippen LogP contribution in [0.15, 0.2) is 52.1 Å². The molecule has 5 aromatic rings. The maximum Gasteiger partial charge on any atom is 0.332 e. The number of rotatable bonds is 8. The van der Waals surface area contributed by atoms with Crippen LogP contribution in [-0.2, 0) is 20.5 Å². The van der Waals surface area contributed by atoms with Gasteiger partial charge < -0.3 is 25.4 Å². The Hall–Kier alpha value is -5.02. The van der Waals surface area contributed by atoms with Crippen molar-refractivity contribution in [3.63, 3.8) is 0 Å². The molecule has 0 bridgehead atoms. The number of anilines is 2. The van der Waals surface area contributed by atoms with Crippen LogP contribution >= 0.6 is 23.2 Å². The van der Waals surface area contributed by atoms with Crippen LogP contribution in [0.4, 0.5) is 16.3 Å². The van der Waals surface area contributed by atoms with Gasteiger partial charge in [-0.2, -0.15) is 0 Å². The molecular weight excluding hydrogens is 733 g/mol. The summed E-state index contributed by atoms with van der Waals surface area (Å²) in [5.41, 5.74) is 4.26. The fourth-order valence-corrected chi connectivity index (χ4v) is 8.89. The lowest BCUT2D eigenvalue weighted by atomic mass is 9.99. The number of nitrogens with one attached hydrogen (secondary N) is 2. The minimum absolute atomic E-state index is 0.0619. The Balaban J connectivity index is 1.11. The van der Waals surface area contributed by atoms with Gasteiger partial charge in [-0.1, -0.05) is 53.5 Å². The normalized spacial score (nSPS) is 19.6. The van der Waals surface area contributed by atoms with E-state index in [4.69, 9.17) is 32.9 Å². The molecule has 2 aromatic carbocycles. The number of aliphatic hydroxyl groups excluding tert-OH is 1. The first kappa shape index (κ1) is 36.0. The third kappa shape index (κ3) is 5.88. The number of hydrogen-bond donors (Lipinski definition) is 3. The van der Waals surface area contributed by atoms with Crippen molar-refractivity contribution in [2.45, 2.75) is 37.8 Å². The molecule has 1 aliphatic carbocycles. The third-order valence-corrected chi connectivity index (χ3v) is 11.7. The molecule has 16 heteroatoms. The molecule has 0 radical (unpaired) electrons. The Morgan fingerprint density at radius 2 is 1.74 bits per heavy atom. The minimum Gasteiger partial charge on any atom is -0.481 e. The van der Waals surface area contributed by atoms with Gasteiger partial charge in [-0.15, -0.1) is 0 Å². The van der Waals surface area contributed by atoms with Crippen LogP contribution in [0, 0.1) is 6.92 Å². The molecule has 2 atom stereocenters. The number of amides is 2. The monoisotopic (exact) mass is 771 g/mol. The van der Waals surface area contributed by atoms with Crippen molar-refractivity contribution in [2.24, 2.45) is 14.1 Å². The zero-order valence-corrected chi connectivity index (χ0v) is 31.8. The van der Waals surface area contributed by atoms with E-state index >= 15 is 0 Å². The van der Waals surface area contributed by atoms with E-state index < -0.39 is 11.2 Å². The molecule has 5 heterocycles. The van der Waals surface area contributed by atoms with Gasteiger partial charge in [0.05, 0.1) is 40.7 Å². The van der Waals surface area contributed by atoms with Crippen LogP contribution < -0.4 is 26.6 Å². The number of β-amino-alcohol motifs (C(OH)–C–C–N with tert-alkyl or cyclic N) is 1. The molecule has 8 rings (SSSR count). The van der Waals surface area contributed by atoms with Crippen LogP contribution in [0.1, 0.15) is 35.8 Å². The highest BCUT2D eigenvalue weighted by Gasteiger charge is 2.49. The molecule has 3 aliphatic rings. The number of benzene rings is 2. The molecule has 280 valence electrons. The predicted molar refractivity (Wildman–Crippen MR) is 207 cm³/mol. The van der Waals surface area contributed by atoms with Gasteiger partial charge in [0.1, 0.15) is 17.0 Å². The van der Waals surface area contributed by atoms with Crippen LogP contribution in [-0.4, -0.2) is 90.5 Å². The number of ether oxygens (including phenoxy) is 1. The van der Waals surface area contributed by atoms with Gasteiger partial charge in [-0.25, -0.2) is 24.5 Å². The van der Waals surface area contributed by atoms with Crippen LogP contribution in [0.3, 0.4) is 0 Å². The molecule has 2 saturated heterocycles. The summed E-state index contributed by atoms with van der Waals surface area (Å²) >= 11 is 14.3. The molecule has 2 fully saturated rings. The van der Waals surface area contributed by atoms with E-state index in [9.17, 15) is 19.5 Å². The van der Waals surface area contributed by atoms with Gasteiger partial charge in [0.25, 0.3) is 5.56 Å². The van der Waals surface area contributed by atoms with Crippen LogP contribution in [0.2, 0.25) is 10.0 Å². The van der Waals surface area contributed by atoms with E-state index in [1.807, 2.05) is 30.3 Å². The lowest BCUT2D eigenvalue weighted by Crippen LogP contribution is -2.46. The van der Waals surface area contributed by atoms with Crippen molar-refractivity contribution >= 4 is 51.8 Å². The van der Waals surface area contributed by atoms with E-state index in [-0.39, 0.29) is 41.1 Å². The average molecular weight is 773 g/mol. The Morgan fingerprint density at radius 3 is 2.50 bits per heavy atom. The van der Waals surface area contributed by atoms with E-state index in [1.165, 1.54) is 11.6 Å². The lowest BCUT2D eigenvalue weighted by molar-refractivity contribution is 0.193. The molecule has 14 nitrogen and oxygen atoms in total. The Labute approximate surface area is 320 Å². The summed E-state index contributed by atoms with van der Waals surface area (Å²) in [6, 6.07) is 13.2. The maximum absolute atomic E-state index is 13.2. The first-order valence-corrected chi connectivity index (χ1v) is 18.5. The Bertz CT molecular complexity index is 2490. The molecule has 0 unspecified atom stereocenters. The van der Waals surface area contributed by atoms with Gasteiger partial charge >= 0.3 is 11.7 Å². The smallest absolute Gasteiger partial charge is 0.332 e. The number of fused-ring (bicyclic) bond motifs is 2. The summed E-state index contributed by atoms with van der Waals surface area (Å²) in [5.74, 6) is 1.14. The van der Waals surface area contributed by atoms with Crippen molar-refractivity contribution in [3.05, 3.63) is 90.3 Å². The standard InChI is InChI=1S/C38H39Cl2N9O5/c1-20-41-32(29-33(42-20)46(2)37(53)47(3)35(29)51)43-25-10-6-8-23(31(25)40)22-7-5-9-24(30(22)39)26-17-21-11-12-27(28(21)34(44-26)54-4)48-14-13-38(18-48)19-49(15-16-50)36(52)45-38/h5-10,17,27,50H,11-16,18-19H2,1-4H3,(H,45,52)(H,41,42,43)/t27-,38-/m0/s1. The largest absolute Gasteiger partial charge is 0.481 e. The van der Waals surface area contributed by atoms with E-state index in [2.05, 4.69) is 31.6 Å². The highest BCUT2D eigenvalue weighted by molar-refractivity contribution is 6.39. The number of halogens is 2. The molecule has 3 N–H and O–H groups in total. The van der Waals surface area contributed by atoms with Crippen molar-refractivity contribution in [1.82, 2.24) is 39.2 Å². The minimum atomic E-state index is -0.528. The third-order valence-electron chi connectivity index (χ3n) is 10.9. The molecule has 2 amide bonds. The fourth-order valence-electron chi connectivity index (χ4n) is 8.29. The second-order valence-corrected chi connectivity index (χ2v) is 15.0. The average Bonchev–Trinajstić information content (AvgIpc) is 3.86. The zero-order chi connectivity index (χ0) is 38.1. The van der Waals surface area contributed by atoms with Gasteiger partial charge in [0.2, 0.25) is 5.88 Å². The summed E-state index contributed by atoms with van der Waals surface area (Å²) in [6.45, 7) is 4.06. The van der Waals surface area contributed by atoms with Gasteiger partial charge in [-0.3, -0.25) is 18.8 Å². The number of likely N-dealkylation sites (tertiary alicyclic amines) is 1. The van der Waals surface area contributed by atoms with Crippen molar-refractivity contribution in [2.75, 3.05) is 45.2 Å². The van der Waals surface area contributed by atoms with Crippen molar-refractivity contribution in [3.8, 4) is 28.3 Å². The number of aromatic nitrogens is 5. The van der Waals surface area contributed by atoms with Crippen molar-refractivity contribution in [1.29, 1.82) is 0 Å². The van der Waals surface area contributed by atoms with Crippen LogP contribution in [0.25, 0.3) is 33.4 Å². The molecule has 54 heavy (non-hydrogen) atoms. The predicted octanol–water partition coefficient (Wildman–Crippen LogP) is 4.57. The second-order valence-electron chi connectivity index (χ2n) is 14.2. The number of pyridine rings is 1. The number of carbonyl (C=O) groups is 1. The fraction of sp³-hybridized carbons (Fsp3) is 0.368. The van der Waals surface area contributed by atoms with Gasteiger partial charge in [0.15, 0.2) is 5.65 Å². The Morgan fingerprint density at radius 1 is 1.00 bits per heavy atom. The number of aliphatic hydroxyl groups is 1. The quantitative estimate of drug-likeness (QED) is 0.204. The van der Waals surface area contributed by atoms with Crippen LogP contribution in [0.5, 0.6) is 5.88 Å². The number of nitrogens with zero attached hydrogens (tertiary/aromatic N) is 7. The van der Waals surface area contributed by atoms with Gasteiger partial charge in [-0.05, 0) is 43.9 Å². The summed E-state index contributed by atoms with van der Waals surface area (Å²) in [4.78, 5) is 56.4. The number of methoxy groups -OCH3 is 1. The maximum atomic E-state index is 13.2. The first-order valence-electron chi connectivity index (χ1n) is 17.7. The SMILES string of the molecule is COc1nc(-c2cccc(-c3cccc(Nc4nc(C)nc5c4c(=O)n(C)c(=O)n5C)c3Cl)c2Cl)cc2c1[C@@H](N1CC[C@@]3(CN(CCO)C(=O)N3)C1)CC2. The number of carbonyl (C=O) groups excluding carboxylic acids is 1. The zero-order valence-electron chi connectivity index (χ0n) is 30.2. The topological polar surface area (TPSA) is 160 Å². The first-order chi connectivity index (χ1) is 25.9. The molecule has 2 aliphatic heterocycles. The lowest BCUT2D eigenvalue weighted by Gasteiger charge is -2.28. The summed E-state index contributed by atoms with van der Waals surface area (Å²) in [7, 11) is 4.60. The number of hydrogen-bond acceptors (Lipinski definition) is 10. The number of urea groups is 1. The summed E-state index contributed by atoms with van der Waals surface area (Å²) in [6.07, 6.45) is 2.56. The summed E-state index contributed by atoms with van der Waals surface area (Å²) < 4.78 is 8.27. The number of aryl methyl sites for hydroxylation is 3. The van der Waals surface area contributed by atoms with E-state index in [0.29, 0.717) is 69.5 Å². The summed E-state index contributed by atoms with van der Waals surface area (Å²) in [5, 5.41) is 16.8. The molecule has 0 saturated carbocycles. The molecule has 3 aromatic heterocycles. The van der Waals surface area contributed by atoms with Gasteiger partial charge in [0, 0.05) is 68.6 Å². The molecular formula is C38H39Cl2N9O5. The second kappa shape index (κ2) is 13.7. The molecule has 1 spiro atoms. The van der Waals surface area contributed by atoms with E-state index in [1.54, 1.807) is 32.0 Å². The van der Waals surface area contributed by atoms with Crippen molar-refractivity contribution < 1.29 is 14.6 Å². The highest BCUT2D eigenvalue weighted by atomic mass is 35.5. The van der Waals surface area contributed by atoms with E-state index in [0.717, 1.165) is 41.5 Å².